The lowest BCUT2D eigenvalue weighted by Crippen LogP contribution is -2.54. The molecule has 2 aliphatic rings. The van der Waals surface area contributed by atoms with Crippen molar-refractivity contribution >= 4 is 29.0 Å². The normalized spacial score (nSPS) is 19.5. The summed E-state index contributed by atoms with van der Waals surface area (Å²) >= 11 is 6.11. The molecule has 9 heteroatoms. The number of nitrogens with zero attached hydrogens (tertiary/aromatic N) is 1. The maximum atomic E-state index is 13.0. The molecule has 0 saturated carbocycles. The number of anilines is 1. The summed E-state index contributed by atoms with van der Waals surface area (Å²) in [4.78, 5) is 28.2. The molecule has 3 rings (SSSR count). The smallest absolute Gasteiger partial charge is 0.255 e. The predicted molar refractivity (Wildman–Crippen MR) is 125 cm³/mol. The maximum absolute atomic E-state index is 13.0. The van der Waals surface area contributed by atoms with Gasteiger partial charge in [0.1, 0.15) is 5.75 Å². The van der Waals surface area contributed by atoms with Gasteiger partial charge in [-0.3, -0.25) is 14.5 Å². The predicted octanol–water partition coefficient (Wildman–Crippen LogP) is 2.10. The van der Waals surface area contributed by atoms with E-state index in [1.165, 1.54) is 7.11 Å². The number of methoxy groups -OCH3 is 2. The number of carbonyl (C=O) groups is 2. The summed E-state index contributed by atoms with van der Waals surface area (Å²) in [6.45, 7) is 3.92. The minimum Gasteiger partial charge on any atom is -0.496 e. The zero-order chi connectivity index (χ0) is 23.1. The first-order chi connectivity index (χ1) is 15.4. The Morgan fingerprint density at radius 3 is 2.53 bits per heavy atom. The quantitative estimate of drug-likeness (QED) is 0.478. The van der Waals surface area contributed by atoms with Crippen molar-refractivity contribution in [2.24, 2.45) is 5.92 Å². The van der Waals surface area contributed by atoms with Crippen molar-refractivity contribution in [2.45, 2.75) is 44.2 Å². The molecule has 2 heterocycles. The second kappa shape index (κ2) is 11.8. The Hall–Kier alpha value is -1.87. The van der Waals surface area contributed by atoms with Crippen LogP contribution in [0.5, 0.6) is 5.75 Å². The van der Waals surface area contributed by atoms with Crippen LogP contribution >= 0.6 is 11.6 Å². The number of hydrogen-bond acceptors (Lipinski definition) is 7. The van der Waals surface area contributed by atoms with Gasteiger partial charge in [-0.2, -0.15) is 0 Å². The van der Waals surface area contributed by atoms with Crippen LogP contribution in [0.4, 0.5) is 5.69 Å². The van der Waals surface area contributed by atoms with E-state index in [0.29, 0.717) is 41.0 Å². The largest absolute Gasteiger partial charge is 0.496 e. The van der Waals surface area contributed by atoms with Crippen molar-refractivity contribution in [3.8, 4) is 5.75 Å². The molecule has 1 atom stereocenters. The zero-order valence-corrected chi connectivity index (χ0v) is 19.7. The van der Waals surface area contributed by atoms with Crippen molar-refractivity contribution in [3.63, 3.8) is 0 Å². The van der Waals surface area contributed by atoms with Gasteiger partial charge in [0.15, 0.2) is 5.78 Å². The molecule has 0 spiro atoms. The number of nitrogens with two attached hydrogens (primary N) is 1. The summed E-state index contributed by atoms with van der Waals surface area (Å²) in [7, 11) is 3.13. The summed E-state index contributed by atoms with van der Waals surface area (Å²) in [6.07, 6.45) is 4.04. The summed E-state index contributed by atoms with van der Waals surface area (Å²) in [5.41, 5.74) is 6.56. The van der Waals surface area contributed by atoms with E-state index in [0.717, 1.165) is 51.9 Å². The lowest BCUT2D eigenvalue weighted by atomic mass is 9.84. The fourth-order valence-electron chi connectivity index (χ4n) is 4.78. The van der Waals surface area contributed by atoms with Gasteiger partial charge in [0, 0.05) is 38.7 Å². The summed E-state index contributed by atoms with van der Waals surface area (Å²) < 4.78 is 10.5. The van der Waals surface area contributed by atoms with Crippen LogP contribution in [0, 0.1) is 5.92 Å². The Bertz CT molecular complexity index is 792. The van der Waals surface area contributed by atoms with E-state index in [4.69, 9.17) is 26.8 Å². The van der Waals surface area contributed by atoms with Crippen LogP contribution in [-0.4, -0.2) is 75.7 Å². The summed E-state index contributed by atoms with van der Waals surface area (Å²) in [6, 6.07) is 3.07. The minimum absolute atomic E-state index is 0.0301. The van der Waals surface area contributed by atoms with E-state index in [1.807, 2.05) is 0 Å². The third kappa shape index (κ3) is 6.13. The molecule has 1 aromatic carbocycles. The van der Waals surface area contributed by atoms with E-state index in [1.54, 1.807) is 19.2 Å². The molecular weight excluding hydrogens is 432 g/mol. The fraction of sp³-hybridized carbons (Fsp3) is 0.652. The van der Waals surface area contributed by atoms with Crippen LogP contribution in [-0.2, 0) is 9.53 Å². The molecule has 1 amide bonds. The number of hydrogen-bond donors (Lipinski definition) is 3. The molecule has 2 aliphatic heterocycles. The molecule has 8 nitrogen and oxygen atoms in total. The Balaban J connectivity index is 1.62. The third-order valence-electron chi connectivity index (χ3n) is 6.53. The van der Waals surface area contributed by atoms with Gasteiger partial charge in [0.2, 0.25) is 0 Å². The van der Waals surface area contributed by atoms with Crippen LogP contribution < -0.4 is 21.1 Å². The number of rotatable bonds is 9. The lowest BCUT2D eigenvalue weighted by molar-refractivity contribution is -0.128. The van der Waals surface area contributed by atoms with Crippen molar-refractivity contribution < 1.29 is 19.1 Å². The minimum atomic E-state index is -0.228. The Morgan fingerprint density at radius 2 is 1.91 bits per heavy atom. The second-order valence-corrected chi connectivity index (χ2v) is 9.01. The van der Waals surface area contributed by atoms with Crippen molar-refractivity contribution in [1.82, 2.24) is 15.5 Å². The van der Waals surface area contributed by atoms with E-state index in [2.05, 4.69) is 15.5 Å². The third-order valence-corrected chi connectivity index (χ3v) is 6.86. The Kier molecular flexibility index (Phi) is 9.16. The van der Waals surface area contributed by atoms with Gasteiger partial charge in [-0.15, -0.1) is 0 Å². The molecule has 1 unspecified atom stereocenters. The Morgan fingerprint density at radius 1 is 1.22 bits per heavy atom. The van der Waals surface area contributed by atoms with Crippen molar-refractivity contribution in [3.05, 3.63) is 22.7 Å². The number of halogens is 1. The average Bonchev–Trinajstić information content (AvgIpc) is 2.81. The zero-order valence-electron chi connectivity index (χ0n) is 19.0. The number of nitrogens with one attached hydrogen (secondary N) is 2. The molecule has 1 aromatic rings. The molecule has 178 valence electrons. The summed E-state index contributed by atoms with van der Waals surface area (Å²) in [5.74, 6) is 0.806. The first-order valence-corrected chi connectivity index (χ1v) is 11.7. The average molecular weight is 467 g/mol. The number of Topliss-reactive ketones (excluding diaryl/α,β-unsaturated/α-hetero) is 1. The van der Waals surface area contributed by atoms with Crippen molar-refractivity contribution in [1.29, 1.82) is 0 Å². The molecule has 2 saturated heterocycles. The molecule has 0 aromatic heterocycles. The van der Waals surface area contributed by atoms with Crippen LogP contribution in [0.1, 0.15) is 42.5 Å². The standard InChI is InChI=1S/C23H35ClN4O4/c1-31-12-7-20(29)22(15-3-8-26-9-4-15)28-10-5-16(6-11-28)27-23(30)17-13-18(24)19(25)14-21(17)32-2/h13-16,22,26H,3-12,25H2,1-2H3,(H,27,30). The summed E-state index contributed by atoms with van der Waals surface area (Å²) in [5, 5.41) is 6.81. The lowest BCUT2D eigenvalue weighted by Gasteiger charge is -2.41. The first kappa shape index (κ1) is 24.8. The van der Waals surface area contributed by atoms with E-state index >= 15 is 0 Å². The molecular formula is C23H35ClN4O4. The van der Waals surface area contributed by atoms with Gasteiger partial charge in [0.25, 0.3) is 5.91 Å². The molecule has 32 heavy (non-hydrogen) atoms. The van der Waals surface area contributed by atoms with Crippen LogP contribution in [0.2, 0.25) is 5.02 Å². The number of amides is 1. The second-order valence-electron chi connectivity index (χ2n) is 8.60. The van der Waals surface area contributed by atoms with E-state index in [9.17, 15) is 9.59 Å². The number of benzene rings is 1. The topological polar surface area (TPSA) is 106 Å². The van der Waals surface area contributed by atoms with Gasteiger partial charge < -0.3 is 25.8 Å². The molecule has 4 N–H and O–H groups in total. The van der Waals surface area contributed by atoms with Gasteiger partial charge in [-0.25, -0.2) is 0 Å². The monoisotopic (exact) mass is 466 g/mol. The van der Waals surface area contributed by atoms with Gasteiger partial charge in [0.05, 0.1) is 36.0 Å². The highest BCUT2D eigenvalue weighted by Crippen LogP contribution is 2.30. The van der Waals surface area contributed by atoms with Crippen molar-refractivity contribution in [2.75, 3.05) is 52.7 Å². The van der Waals surface area contributed by atoms with Crippen LogP contribution in [0.3, 0.4) is 0 Å². The maximum Gasteiger partial charge on any atom is 0.255 e. The number of piperidine rings is 2. The van der Waals surface area contributed by atoms with Gasteiger partial charge in [-0.1, -0.05) is 11.6 Å². The molecule has 2 fully saturated rings. The van der Waals surface area contributed by atoms with E-state index < -0.39 is 0 Å². The SMILES string of the molecule is COCCC(=O)C(C1CCNCC1)N1CCC(NC(=O)c2cc(Cl)c(N)cc2OC)CC1. The number of likely N-dealkylation sites (tertiary alicyclic amines) is 1. The number of carbonyl (C=O) groups excluding carboxylic acids is 2. The molecule has 0 radical (unpaired) electrons. The highest BCUT2D eigenvalue weighted by molar-refractivity contribution is 6.33. The molecule has 0 bridgehead atoms. The van der Waals surface area contributed by atoms with Gasteiger partial charge >= 0.3 is 0 Å². The van der Waals surface area contributed by atoms with Crippen LogP contribution in [0.25, 0.3) is 0 Å². The fourth-order valence-corrected chi connectivity index (χ4v) is 4.94. The highest BCUT2D eigenvalue weighted by atomic mass is 35.5. The Labute approximate surface area is 195 Å². The van der Waals surface area contributed by atoms with Gasteiger partial charge in [-0.05, 0) is 50.8 Å². The number of ketones is 1. The first-order valence-electron chi connectivity index (χ1n) is 11.3. The number of ether oxygens (including phenoxy) is 2. The highest BCUT2D eigenvalue weighted by Gasteiger charge is 2.36. The van der Waals surface area contributed by atoms with Crippen LogP contribution in [0.15, 0.2) is 12.1 Å². The molecule has 0 aliphatic carbocycles. The van der Waals surface area contributed by atoms with E-state index in [-0.39, 0.29) is 23.8 Å². The number of nitrogen functional groups attached to an aromatic ring is 1.